The van der Waals surface area contributed by atoms with Gasteiger partial charge < -0.3 is 4.90 Å². The maximum atomic E-state index is 11.8. The molecule has 0 aromatic carbocycles. The smallest absolute Gasteiger partial charge is 0.222 e. The largest absolute Gasteiger partial charge is 0.342 e. The van der Waals surface area contributed by atoms with Gasteiger partial charge in [0.25, 0.3) is 0 Å². The Labute approximate surface area is 99.0 Å². The van der Waals surface area contributed by atoms with Crippen molar-refractivity contribution in [2.45, 2.75) is 40.5 Å². The normalized spacial score (nSPS) is 11.1. The van der Waals surface area contributed by atoms with Crippen molar-refractivity contribution in [3.63, 3.8) is 0 Å². The molecule has 0 saturated carbocycles. The van der Waals surface area contributed by atoms with Gasteiger partial charge in [0.2, 0.25) is 5.91 Å². The topological polar surface area (TPSA) is 20.3 Å². The molecule has 90 valence electrons. The van der Waals surface area contributed by atoms with Gasteiger partial charge in [-0.1, -0.05) is 27.7 Å². The van der Waals surface area contributed by atoms with E-state index in [1.165, 1.54) is 0 Å². The zero-order valence-electron chi connectivity index (χ0n) is 10.4. The number of amides is 1. The Hall–Kier alpha value is -0.240. The van der Waals surface area contributed by atoms with Crippen molar-refractivity contribution in [2.75, 3.05) is 19.0 Å². The van der Waals surface area contributed by atoms with E-state index in [2.05, 4.69) is 27.7 Å². The van der Waals surface area contributed by atoms with Crippen molar-refractivity contribution in [3.8, 4) is 0 Å². The number of nitrogens with zero attached hydrogens (tertiary/aromatic N) is 1. The van der Waals surface area contributed by atoms with Crippen LogP contribution in [0.4, 0.5) is 0 Å². The van der Waals surface area contributed by atoms with Crippen LogP contribution in [0.25, 0.3) is 0 Å². The summed E-state index contributed by atoms with van der Waals surface area (Å²) < 4.78 is 0. The van der Waals surface area contributed by atoms with Crippen molar-refractivity contribution in [2.24, 2.45) is 11.8 Å². The third kappa shape index (κ3) is 7.66. The molecule has 0 unspecified atom stereocenters. The first kappa shape index (κ1) is 14.8. The van der Waals surface area contributed by atoms with Crippen LogP contribution in [-0.4, -0.2) is 29.8 Å². The Morgan fingerprint density at radius 1 is 1.13 bits per heavy atom. The maximum absolute atomic E-state index is 11.8. The summed E-state index contributed by atoms with van der Waals surface area (Å²) in [5.41, 5.74) is 0. The van der Waals surface area contributed by atoms with Gasteiger partial charge in [-0.2, -0.15) is 0 Å². The third-order valence-electron chi connectivity index (χ3n) is 2.05. The van der Waals surface area contributed by atoms with Gasteiger partial charge in [0.1, 0.15) is 0 Å². The molecule has 15 heavy (non-hydrogen) atoms. The number of carbonyl (C=O) groups excluding carboxylic acids is 1. The lowest BCUT2D eigenvalue weighted by molar-refractivity contribution is -0.132. The zero-order chi connectivity index (χ0) is 11.8. The quantitative estimate of drug-likeness (QED) is 0.619. The van der Waals surface area contributed by atoms with Crippen LogP contribution in [0.1, 0.15) is 40.5 Å². The molecule has 0 aliphatic heterocycles. The molecule has 0 atom stereocenters. The molecule has 0 aliphatic rings. The predicted octanol–water partition coefficient (Wildman–Crippen LogP) is 3.15. The molecule has 0 rings (SSSR count). The fourth-order valence-electron chi connectivity index (χ4n) is 1.54. The lowest BCUT2D eigenvalue weighted by Crippen LogP contribution is -2.36. The molecule has 0 aliphatic carbocycles. The van der Waals surface area contributed by atoms with Gasteiger partial charge >= 0.3 is 0 Å². The van der Waals surface area contributed by atoms with E-state index in [0.717, 1.165) is 19.5 Å². The second kappa shape index (κ2) is 7.98. The maximum Gasteiger partial charge on any atom is 0.222 e. The highest BCUT2D eigenvalue weighted by Crippen LogP contribution is 2.07. The Kier molecular flexibility index (Phi) is 7.85. The zero-order valence-corrected chi connectivity index (χ0v) is 11.2. The summed E-state index contributed by atoms with van der Waals surface area (Å²) in [5.74, 6) is 1.88. The Balaban J connectivity index is 4.14. The van der Waals surface area contributed by atoms with E-state index < -0.39 is 0 Å². The number of halogens is 1. The van der Waals surface area contributed by atoms with E-state index in [9.17, 15) is 4.79 Å². The molecule has 0 fully saturated rings. The minimum absolute atomic E-state index is 0.248. The van der Waals surface area contributed by atoms with E-state index in [4.69, 9.17) is 11.6 Å². The molecule has 0 radical (unpaired) electrons. The summed E-state index contributed by atoms with van der Waals surface area (Å²) in [5, 5.41) is 0. The average Bonchev–Trinajstić information content (AvgIpc) is 2.11. The predicted molar refractivity (Wildman–Crippen MR) is 66.2 cm³/mol. The first-order chi connectivity index (χ1) is 6.97. The molecule has 0 heterocycles. The van der Waals surface area contributed by atoms with Gasteiger partial charge in [-0.15, -0.1) is 11.6 Å². The summed E-state index contributed by atoms with van der Waals surface area (Å²) in [6, 6.07) is 0. The van der Waals surface area contributed by atoms with E-state index in [1.54, 1.807) is 0 Å². The summed E-state index contributed by atoms with van der Waals surface area (Å²) in [4.78, 5) is 13.8. The highest BCUT2D eigenvalue weighted by Gasteiger charge is 2.15. The number of alkyl halides is 1. The summed E-state index contributed by atoms with van der Waals surface area (Å²) in [6.07, 6.45) is 1.37. The van der Waals surface area contributed by atoms with Crippen LogP contribution in [0.2, 0.25) is 0 Å². The lowest BCUT2D eigenvalue weighted by atomic mass is 10.1. The minimum Gasteiger partial charge on any atom is -0.342 e. The minimum atomic E-state index is 0.248. The Bertz CT molecular complexity index is 170. The van der Waals surface area contributed by atoms with Crippen molar-refractivity contribution < 1.29 is 4.79 Å². The van der Waals surface area contributed by atoms with Crippen LogP contribution in [0, 0.1) is 11.8 Å². The van der Waals surface area contributed by atoms with Gasteiger partial charge in [0.15, 0.2) is 0 Å². The van der Waals surface area contributed by atoms with Gasteiger partial charge in [0.05, 0.1) is 0 Å². The van der Waals surface area contributed by atoms with Crippen molar-refractivity contribution in [1.29, 1.82) is 0 Å². The van der Waals surface area contributed by atoms with Crippen molar-refractivity contribution in [3.05, 3.63) is 0 Å². The molecule has 0 saturated heterocycles. The second-order valence-corrected chi connectivity index (χ2v) is 5.26. The van der Waals surface area contributed by atoms with E-state index in [1.807, 2.05) is 4.90 Å². The molecule has 2 nitrogen and oxygen atoms in total. The molecule has 1 amide bonds. The number of hydrogen-bond donors (Lipinski definition) is 0. The van der Waals surface area contributed by atoms with Crippen molar-refractivity contribution >= 4 is 17.5 Å². The molecule has 0 aromatic rings. The summed E-state index contributed by atoms with van der Waals surface area (Å²) in [7, 11) is 0. The molecular weight excluding hydrogens is 210 g/mol. The summed E-state index contributed by atoms with van der Waals surface area (Å²) in [6.45, 7) is 10.3. The van der Waals surface area contributed by atoms with Crippen LogP contribution in [0.5, 0.6) is 0 Å². The number of carbonyl (C=O) groups is 1. The molecule has 0 bridgehead atoms. The standard InChI is InChI=1S/C12H24ClNO/c1-10(2)8-14(9-11(3)4)12(15)6-5-7-13/h10-11H,5-9H2,1-4H3. The second-order valence-electron chi connectivity index (χ2n) is 4.88. The first-order valence-electron chi connectivity index (χ1n) is 5.81. The Morgan fingerprint density at radius 3 is 1.93 bits per heavy atom. The SMILES string of the molecule is CC(C)CN(CC(C)C)C(=O)CCCCl. The van der Waals surface area contributed by atoms with E-state index >= 15 is 0 Å². The van der Waals surface area contributed by atoms with Crippen LogP contribution in [0.15, 0.2) is 0 Å². The highest BCUT2D eigenvalue weighted by molar-refractivity contribution is 6.17. The van der Waals surface area contributed by atoms with Gasteiger partial charge in [-0.05, 0) is 18.3 Å². The third-order valence-corrected chi connectivity index (χ3v) is 2.32. The lowest BCUT2D eigenvalue weighted by Gasteiger charge is -2.26. The molecule has 0 aromatic heterocycles. The van der Waals surface area contributed by atoms with Gasteiger partial charge in [0, 0.05) is 25.4 Å². The molecule has 0 N–H and O–H groups in total. The van der Waals surface area contributed by atoms with Gasteiger partial charge in [-0.3, -0.25) is 4.79 Å². The van der Waals surface area contributed by atoms with Crippen LogP contribution in [-0.2, 0) is 4.79 Å². The van der Waals surface area contributed by atoms with E-state index in [-0.39, 0.29) is 5.91 Å². The highest BCUT2D eigenvalue weighted by atomic mass is 35.5. The number of hydrogen-bond acceptors (Lipinski definition) is 1. The first-order valence-corrected chi connectivity index (χ1v) is 6.34. The van der Waals surface area contributed by atoms with Crippen LogP contribution in [0.3, 0.4) is 0 Å². The van der Waals surface area contributed by atoms with Crippen molar-refractivity contribution in [1.82, 2.24) is 4.90 Å². The Morgan fingerprint density at radius 2 is 1.60 bits per heavy atom. The fourth-order valence-corrected chi connectivity index (χ4v) is 1.67. The number of rotatable bonds is 7. The van der Waals surface area contributed by atoms with Gasteiger partial charge in [-0.25, -0.2) is 0 Å². The average molecular weight is 234 g/mol. The monoisotopic (exact) mass is 233 g/mol. The summed E-state index contributed by atoms with van der Waals surface area (Å²) >= 11 is 5.59. The van der Waals surface area contributed by atoms with Crippen LogP contribution >= 0.6 is 11.6 Å². The molecule has 0 spiro atoms. The van der Waals surface area contributed by atoms with E-state index in [0.29, 0.717) is 24.1 Å². The molecule has 3 heteroatoms. The van der Waals surface area contributed by atoms with Crippen LogP contribution < -0.4 is 0 Å². The fraction of sp³-hybridized carbons (Fsp3) is 0.917. The molecular formula is C12H24ClNO.